The number of carbonyl (C=O) groups excluding carboxylic acids is 2. The first-order valence-electron chi connectivity index (χ1n) is 4.57. The van der Waals surface area contributed by atoms with Crippen molar-refractivity contribution in [2.24, 2.45) is 9.98 Å². The third-order valence-electron chi connectivity index (χ3n) is 1.59. The van der Waals surface area contributed by atoms with Crippen molar-refractivity contribution in [3.63, 3.8) is 0 Å². The van der Waals surface area contributed by atoms with Crippen LogP contribution in [0.3, 0.4) is 0 Å². The van der Waals surface area contributed by atoms with E-state index in [0.29, 0.717) is 12.4 Å². The Balaban J connectivity index is 2.98. The number of thioether (sulfide) groups is 1. The van der Waals surface area contributed by atoms with Crippen LogP contribution in [0.2, 0.25) is 0 Å². The molecule has 0 rings (SSSR count). The largest absolute Gasteiger partial charge is 0.235 e. The zero-order chi connectivity index (χ0) is 10.5. The Morgan fingerprint density at radius 1 is 0.929 bits per heavy atom. The van der Waals surface area contributed by atoms with Gasteiger partial charge < -0.3 is 0 Å². The molecule has 0 heterocycles. The summed E-state index contributed by atoms with van der Waals surface area (Å²) < 4.78 is 0. The molecule has 4 nitrogen and oxygen atoms in total. The molecule has 0 N–H and O–H groups in total. The molecule has 0 fully saturated rings. The summed E-state index contributed by atoms with van der Waals surface area (Å²) in [5.74, 6) is 1.53. The van der Waals surface area contributed by atoms with Crippen molar-refractivity contribution in [2.45, 2.75) is 25.7 Å². The van der Waals surface area contributed by atoms with Crippen molar-refractivity contribution in [1.29, 1.82) is 0 Å². The number of rotatable bonds is 9. The molecule has 0 amide bonds. The number of hydrogen-bond donors (Lipinski definition) is 0. The molecule has 0 radical (unpaired) electrons. The summed E-state index contributed by atoms with van der Waals surface area (Å²) in [6.45, 7) is 0.589. The minimum atomic E-state index is 0.513. The number of hydrogen-bond acceptors (Lipinski definition) is 5. The van der Waals surface area contributed by atoms with Crippen LogP contribution < -0.4 is 0 Å². The first kappa shape index (κ1) is 13.1. The van der Waals surface area contributed by atoms with E-state index < -0.39 is 0 Å². The van der Waals surface area contributed by atoms with Gasteiger partial charge in [0, 0.05) is 0 Å². The predicted molar refractivity (Wildman–Crippen MR) is 56.9 cm³/mol. The average molecular weight is 214 g/mol. The summed E-state index contributed by atoms with van der Waals surface area (Å²) in [5.41, 5.74) is 0. The van der Waals surface area contributed by atoms with Crippen LogP contribution in [0, 0.1) is 0 Å². The molecule has 0 saturated carbocycles. The molecule has 14 heavy (non-hydrogen) atoms. The quantitative estimate of drug-likeness (QED) is 0.334. The average Bonchev–Trinajstić information content (AvgIpc) is 2.21. The Bertz CT molecular complexity index is 197. The van der Waals surface area contributed by atoms with Gasteiger partial charge in [-0.25, -0.2) is 14.6 Å². The highest BCUT2D eigenvalue weighted by atomic mass is 32.2. The molecule has 0 atom stereocenters. The summed E-state index contributed by atoms with van der Waals surface area (Å²) in [6, 6.07) is 0. The van der Waals surface area contributed by atoms with Crippen LogP contribution in [0.15, 0.2) is 9.98 Å². The summed E-state index contributed by atoms with van der Waals surface area (Å²) in [6.07, 6.45) is 7.30. The van der Waals surface area contributed by atoms with Gasteiger partial charge in [-0.3, -0.25) is 0 Å². The smallest absolute Gasteiger partial charge is 0.211 e. The van der Waals surface area contributed by atoms with Crippen LogP contribution in [0.1, 0.15) is 25.7 Å². The Morgan fingerprint density at radius 3 is 2.36 bits per heavy atom. The maximum Gasteiger partial charge on any atom is 0.235 e. The Labute approximate surface area is 87.9 Å². The van der Waals surface area contributed by atoms with Crippen LogP contribution in [0.5, 0.6) is 0 Å². The Morgan fingerprint density at radius 2 is 1.64 bits per heavy atom. The number of aliphatic imine (C=N–C) groups is 2. The molecular weight excluding hydrogens is 200 g/mol. The van der Waals surface area contributed by atoms with Gasteiger partial charge in [-0.2, -0.15) is 4.99 Å². The van der Waals surface area contributed by atoms with Gasteiger partial charge in [0.15, 0.2) is 0 Å². The molecule has 0 aromatic rings. The molecule has 5 heteroatoms. The number of isocyanates is 2. The molecule has 78 valence electrons. The van der Waals surface area contributed by atoms with Crippen molar-refractivity contribution in [3.8, 4) is 0 Å². The molecule has 0 saturated heterocycles. The summed E-state index contributed by atoms with van der Waals surface area (Å²) in [7, 11) is 0. The normalized spacial score (nSPS) is 8.86. The molecule has 0 spiro atoms. The van der Waals surface area contributed by atoms with Gasteiger partial charge in [-0.15, -0.1) is 11.8 Å². The molecule has 0 aliphatic heterocycles. The van der Waals surface area contributed by atoms with E-state index in [1.54, 1.807) is 11.8 Å². The fourth-order valence-corrected chi connectivity index (χ4v) is 1.61. The molecule has 0 aromatic carbocycles. The zero-order valence-corrected chi connectivity index (χ0v) is 8.89. The van der Waals surface area contributed by atoms with Crippen molar-refractivity contribution >= 4 is 23.9 Å². The standard InChI is InChI=1S/C9H14N2O2S/c12-7-10-5-3-1-2-4-6-14-9-11-8-13/h1-6,9H2. The lowest BCUT2D eigenvalue weighted by atomic mass is 10.2. The lowest BCUT2D eigenvalue weighted by molar-refractivity contribution is 0.561. The lowest BCUT2D eigenvalue weighted by Gasteiger charge is -1.97. The molecule has 0 bridgehead atoms. The van der Waals surface area contributed by atoms with Crippen molar-refractivity contribution in [2.75, 3.05) is 18.2 Å². The van der Waals surface area contributed by atoms with Gasteiger partial charge in [-0.05, 0) is 18.6 Å². The van der Waals surface area contributed by atoms with E-state index in [1.807, 2.05) is 0 Å². The van der Waals surface area contributed by atoms with Crippen LogP contribution in [-0.4, -0.2) is 30.3 Å². The molecular formula is C9H14N2O2S. The van der Waals surface area contributed by atoms with E-state index in [1.165, 1.54) is 12.2 Å². The molecule has 0 aliphatic rings. The van der Waals surface area contributed by atoms with Crippen LogP contribution in [-0.2, 0) is 9.59 Å². The second-order valence-corrected chi connectivity index (χ2v) is 3.75. The number of nitrogens with zero attached hydrogens (tertiary/aromatic N) is 2. The fourth-order valence-electron chi connectivity index (χ4n) is 0.931. The van der Waals surface area contributed by atoms with Gasteiger partial charge in [0.1, 0.15) is 0 Å². The minimum Gasteiger partial charge on any atom is -0.211 e. The number of unbranched alkanes of at least 4 members (excludes halogenated alkanes) is 3. The van der Waals surface area contributed by atoms with Gasteiger partial charge in [0.25, 0.3) is 0 Å². The van der Waals surface area contributed by atoms with E-state index in [4.69, 9.17) is 0 Å². The Kier molecular flexibility index (Phi) is 11.3. The highest BCUT2D eigenvalue weighted by molar-refractivity contribution is 7.99. The molecule has 0 aromatic heterocycles. The van der Waals surface area contributed by atoms with Crippen LogP contribution >= 0.6 is 11.8 Å². The van der Waals surface area contributed by atoms with Crippen molar-refractivity contribution in [1.82, 2.24) is 0 Å². The summed E-state index contributed by atoms with van der Waals surface area (Å²) in [4.78, 5) is 26.3. The second kappa shape index (κ2) is 12.1. The topological polar surface area (TPSA) is 58.9 Å². The summed E-state index contributed by atoms with van der Waals surface area (Å²) in [5, 5.41) is 0. The monoisotopic (exact) mass is 214 g/mol. The highest BCUT2D eigenvalue weighted by Gasteiger charge is 1.90. The van der Waals surface area contributed by atoms with E-state index in [9.17, 15) is 9.59 Å². The van der Waals surface area contributed by atoms with Crippen molar-refractivity contribution < 1.29 is 9.59 Å². The maximum absolute atomic E-state index is 9.70. The van der Waals surface area contributed by atoms with E-state index in [2.05, 4.69) is 9.98 Å². The summed E-state index contributed by atoms with van der Waals surface area (Å²) >= 11 is 1.63. The van der Waals surface area contributed by atoms with Gasteiger partial charge in [0.05, 0.1) is 12.4 Å². The molecule has 0 unspecified atom stereocenters. The second-order valence-electron chi connectivity index (χ2n) is 2.67. The first-order chi connectivity index (χ1) is 6.91. The zero-order valence-electron chi connectivity index (χ0n) is 8.07. The van der Waals surface area contributed by atoms with Crippen LogP contribution in [0.4, 0.5) is 0 Å². The van der Waals surface area contributed by atoms with E-state index in [-0.39, 0.29) is 0 Å². The van der Waals surface area contributed by atoms with Gasteiger partial charge in [-0.1, -0.05) is 12.8 Å². The predicted octanol–water partition coefficient (Wildman–Crippen LogP) is 1.91. The fraction of sp³-hybridized carbons (Fsp3) is 0.778. The lowest BCUT2D eigenvalue weighted by Crippen LogP contribution is -1.85. The van der Waals surface area contributed by atoms with E-state index in [0.717, 1.165) is 31.4 Å². The minimum absolute atomic E-state index is 0.513. The maximum atomic E-state index is 9.70. The Hall–Kier alpha value is -0.890. The highest BCUT2D eigenvalue weighted by Crippen LogP contribution is 2.07. The third-order valence-corrected chi connectivity index (χ3v) is 2.48. The third kappa shape index (κ3) is 11.1. The van der Waals surface area contributed by atoms with Crippen LogP contribution in [0.25, 0.3) is 0 Å². The SMILES string of the molecule is O=C=NCCCCCCSCN=C=O. The van der Waals surface area contributed by atoms with E-state index >= 15 is 0 Å². The first-order valence-corrected chi connectivity index (χ1v) is 5.72. The van der Waals surface area contributed by atoms with Crippen molar-refractivity contribution in [3.05, 3.63) is 0 Å². The van der Waals surface area contributed by atoms with Gasteiger partial charge >= 0.3 is 0 Å². The molecule has 0 aliphatic carbocycles. The van der Waals surface area contributed by atoms with Gasteiger partial charge in [0.2, 0.25) is 12.2 Å².